The molecule has 0 fully saturated rings. The van der Waals surface area contributed by atoms with Crippen LogP contribution in [-0.2, 0) is 4.79 Å². The Kier molecular flexibility index (Phi) is 5.58. The van der Waals surface area contributed by atoms with Crippen LogP contribution in [0.15, 0.2) is 70.6 Å². The van der Waals surface area contributed by atoms with E-state index in [9.17, 15) is 4.79 Å². The first-order chi connectivity index (χ1) is 12.1. The Labute approximate surface area is 159 Å². The Bertz CT molecular complexity index is 868. The smallest absolute Gasteiger partial charge is 0.231 e. The Morgan fingerprint density at radius 3 is 2.16 bits per heavy atom. The number of hydrogen-bond donors (Lipinski definition) is 1. The van der Waals surface area contributed by atoms with Crippen molar-refractivity contribution in [3.63, 3.8) is 0 Å². The van der Waals surface area contributed by atoms with E-state index >= 15 is 0 Å². The van der Waals surface area contributed by atoms with E-state index in [4.69, 9.17) is 28.9 Å². The number of aromatic nitrogens is 2. The van der Waals surface area contributed by atoms with Crippen LogP contribution >= 0.6 is 35.0 Å². The van der Waals surface area contributed by atoms with Crippen molar-refractivity contribution in [2.45, 2.75) is 15.8 Å². The van der Waals surface area contributed by atoms with Crippen LogP contribution in [0.4, 0.5) is 0 Å². The summed E-state index contributed by atoms with van der Waals surface area (Å²) in [6.45, 7) is 0. The first-order valence-electron chi connectivity index (χ1n) is 7.36. The second kappa shape index (κ2) is 7.87. The molecule has 0 spiro atoms. The molecule has 0 saturated carbocycles. The van der Waals surface area contributed by atoms with Crippen LogP contribution < -0.4 is 5.73 Å². The molecule has 0 aliphatic carbocycles. The van der Waals surface area contributed by atoms with Gasteiger partial charge in [0.25, 0.3) is 0 Å². The maximum absolute atomic E-state index is 12.0. The molecule has 0 aliphatic heterocycles. The Morgan fingerprint density at radius 2 is 1.60 bits per heavy atom. The third-order valence-corrected chi connectivity index (χ3v) is 5.09. The minimum Gasteiger partial charge on any atom is -0.369 e. The van der Waals surface area contributed by atoms with E-state index in [1.165, 1.54) is 11.8 Å². The number of carbonyl (C=O) groups excluding carboxylic acids is 1. The van der Waals surface area contributed by atoms with Gasteiger partial charge in [-0.05, 0) is 36.4 Å². The molecule has 7 heteroatoms. The molecule has 25 heavy (non-hydrogen) atoms. The molecule has 126 valence electrons. The molecule has 1 aromatic heterocycles. The Balaban J connectivity index is 1.92. The van der Waals surface area contributed by atoms with Crippen LogP contribution in [0.1, 0.15) is 17.2 Å². The van der Waals surface area contributed by atoms with Crippen molar-refractivity contribution >= 4 is 40.9 Å². The lowest BCUT2D eigenvalue weighted by atomic mass is 9.94. The van der Waals surface area contributed by atoms with Crippen molar-refractivity contribution in [3.8, 4) is 0 Å². The normalized spacial score (nSPS) is 11.9. The average molecular weight is 390 g/mol. The number of carbonyl (C=O) groups is 1. The fourth-order valence-corrected chi connectivity index (χ4v) is 3.74. The lowest BCUT2D eigenvalue weighted by Gasteiger charge is -2.16. The Hall–Kier alpha value is -2.08. The van der Waals surface area contributed by atoms with Crippen molar-refractivity contribution in [1.82, 2.24) is 10.2 Å². The molecule has 1 heterocycles. The summed E-state index contributed by atoms with van der Waals surface area (Å²) in [7, 11) is 0. The molecule has 2 aromatic carbocycles. The molecular formula is C18H13Cl2N3OS. The first kappa shape index (κ1) is 17.7. The van der Waals surface area contributed by atoms with Gasteiger partial charge in [0.05, 0.1) is 5.69 Å². The number of benzene rings is 2. The standard InChI is InChI=1S/C18H13Cl2N3OS/c19-12-7-4-8-13(20)16(12)17(18(21)24)14-9-10-15(23-22-14)25-11-5-2-1-3-6-11/h1-10,17H,(H2,21,24)/t17-/m0/s1. The van der Waals surface area contributed by atoms with Crippen molar-refractivity contribution in [3.05, 3.63) is 82.0 Å². The van der Waals surface area contributed by atoms with E-state index in [0.29, 0.717) is 26.3 Å². The minimum atomic E-state index is -0.857. The lowest BCUT2D eigenvalue weighted by molar-refractivity contribution is -0.118. The lowest BCUT2D eigenvalue weighted by Crippen LogP contribution is -2.24. The van der Waals surface area contributed by atoms with Gasteiger partial charge in [0, 0.05) is 20.5 Å². The van der Waals surface area contributed by atoms with E-state index in [-0.39, 0.29) is 0 Å². The summed E-state index contributed by atoms with van der Waals surface area (Å²) < 4.78 is 0. The van der Waals surface area contributed by atoms with Crippen LogP contribution in [0.5, 0.6) is 0 Å². The molecule has 0 aliphatic rings. The van der Waals surface area contributed by atoms with Crippen LogP contribution in [-0.4, -0.2) is 16.1 Å². The average Bonchev–Trinajstić information content (AvgIpc) is 2.60. The van der Waals surface area contributed by atoms with Gasteiger partial charge in [-0.15, -0.1) is 5.10 Å². The summed E-state index contributed by atoms with van der Waals surface area (Å²) in [5.41, 5.74) is 6.41. The zero-order valence-corrected chi connectivity index (χ0v) is 15.2. The maximum atomic E-state index is 12.0. The van der Waals surface area contributed by atoms with Crippen molar-refractivity contribution in [2.24, 2.45) is 5.73 Å². The highest BCUT2D eigenvalue weighted by Gasteiger charge is 2.27. The number of nitrogens with two attached hydrogens (primary N) is 1. The summed E-state index contributed by atoms with van der Waals surface area (Å²) in [6, 6.07) is 18.3. The van der Waals surface area contributed by atoms with Crippen LogP contribution in [0.25, 0.3) is 0 Å². The zero-order valence-electron chi connectivity index (χ0n) is 12.9. The number of primary amides is 1. The van der Waals surface area contributed by atoms with Crippen LogP contribution in [0, 0.1) is 0 Å². The third kappa shape index (κ3) is 4.12. The summed E-state index contributed by atoms with van der Waals surface area (Å²) in [4.78, 5) is 13.1. The van der Waals surface area contributed by atoms with E-state index in [1.54, 1.807) is 30.3 Å². The number of hydrogen-bond acceptors (Lipinski definition) is 4. The highest BCUT2D eigenvalue weighted by molar-refractivity contribution is 7.99. The number of nitrogens with zero attached hydrogens (tertiary/aromatic N) is 2. The largest absolute Gasteiger partial charge is 0.369 e. The summed E-state index contributed by atoms with van der Waals surface area (Å²) in [6.07, 6.45) is 0. The van der Waals surface area contributed by atoms with Gasteiger partial charge in [0.15, 0.2) is 0 Å². The molecule has 3 aromatic rings. The van der Waals surface area contributed by atoms with Gasteiger partial charge in [-0.3, -0.25) is 4.79 Å². The summed E-state index contributed by atoms with van der Waals surface area (Å²) >= 11 is 13.9. The predicted molar refractivity (Wildman–Crippen MR) is 100 cm³/mol. The molecule has 1 atom stereocenters. The van der Waals surface area contributed by atoms with Gasteiger partial charge in [0.2, 0.25) is 5.91 Å². The maximum Gasteiger partial charge on any atom is 0.231 e. The van der Waals surface area contributed by atoms with Crippen molar-refractivity contribution in [2.75, 3.05) is 0 Å². The van der Waals surface area contributed by atoms with Crippen molar-refractivity contribution in [1.29, 1.82) is 0 Å². The first-order valence-corrected chi connectivity index (χ1v) is 8.93. The van der Waals surface area contributed by atoms with Crippen LogP contribution in [0.3, 0.4) is 0 Å². The Morgan fingerprint density at radius 1 is 0.920 bits per heavy atom. The van der Waals surface area contributed by atoms with E-state index in [1.807, 2.05) is 30.3 Å². The highest BCUT2D eigenvalue weighted by atomic mass is 35.5. The molecule has 2 N–H and O–H groups in total. The second-order valence-electron chi connectivity index (χ2n) is 5.18. The quantitative estimate of drug-likeness (QED) is 0.694. The van der Waals surface area contributed by atoms with Crippen LogP contribution in [0.2, 0.25) is 10.0 Å². The summed E-state index contributed by atoms with van der Waals surface area (Å²) in [5, 5.41) is 9.78. The van der Waals surface area contributed by atoms with Gasteiger partial charge in [-0.25, -0.2) is 0 Å². The van der Waals surface area contributed by atoms with Gasteiger partial charge >= 0.3 is 0 Å². The number of halogens is 2. The molecular weight excluding hydrogens is 377 g/mol. The SMILES string of the molecule is NC(=O)[C@@H](c1ccc(Sc2ccccc2)nn1)c1c(Cl)cccc1Cl. The van der Waals surface area contributed by atoms with Gasteiger partial charge in [0.1, 0.15) is 10.9 Å². The fraction of sp³-hybridized carbons (Fsp3) is 0.0556. The fourth-order valence-electron chi connectivity index (χ4n) is 2.37. The molecule has 0 unspecified atom stereocenters. The molecule has 4 nitrogen and oxygen atoms in total. The number of rotatable bonds is 5. The molecule has 1 amide bonds. The van der Waals surface area contributed by atoms with Gasteiger partial charge < -0.3 is 5.73 Å². The minimum absolute atomic E-state index is 0.362. The third-order valence-electron chi connectivity index (χ3n) is 3.49. The zero-order chi connectivity index (χ0) is 17.8. The molecule has 3 rings (SSSR count). The molecule has 0 bridgehead atoms. The van der Waals surface area contributed by atoms with E-state index in [2.05, 4.69) is 10.2 Å². The van der Waals surface area contributed by atoms with Crippen molar-refractivity contribution < 1.29 is 4.79 Å². The predicted octanol–water partition coefficient (Wildman–Crippen LogP) is 4.55. The highest BCUT2D eigenvalue weighted by Crippen LogP contribution is 2.35. The molecule has 0 saturated heterocycles. The number of amides is 1. The van der Waals surface area contributed by atoms with Gasteiger partial charge in [-0.2, -0.15) is 5.10 Å². The second-order valence-corrected chi connectivity index (χ2v) is 7.09. The monoisotopic (exact) mass is 389 g/mol. The van der Waals surface area contributed by atoms with E-state index < -0.39 is 11.8 Å². The van der Waals surface area contributed by atoms with E-state index in [0.717, 1.165) is 4.90 Å². The molecule has 0 radical (unpaired) electrons. The topological polar surface area (TPSA) is 68.9 Å². The summed E-state index contributed by atoms with van der Waals surface area (Å²) in [5.74, 6) is -1.45. The van der Waals surface area contributed by atoms with Gasteiger partial charge in [-0.1, -0.05) is 59.2 Å².